The highest BCUT2D eigenvalue weighted by Crippen LogP contribution is 2.26. The number of methoxy groups -OCH3 is 2. The molecule has 0 fully saturated rings. The van der Waals surface area contributed by atoms with Gasteiger partial charge in [-0.3, -0.25) is 14.2 Å². The van der Waals surface area contributed by atoms with E-state index in [9.17, 15) is 9.59 Å². The number of nitrogens with one attached hydrogen (secondary N) is 2. The third kappa shape index (κ3) is 7.57. The molecular weight excluding hydrogens is 542 g/mol. The van der Waals surface area contributed by atoms with Gasteiger partial charge in [-0.1, -0.05) is 23.9 Å². The molecule has 214 valence electrons. The smallest absolute Gasteiger partial charge is 0.251 e. The van der Waals surface area contributed by atoms with Crippen molar-refractivity contribution >= 4 is 29.3 Å². The summed E-state index contributed by atoms with van der Waals surface area (Å²) in [5.74, 6) is 1.87. The van der Waals surface area contributed by atoms with Gasteiger partial charge in [0, 0.05) is 23.0 Å². The summed E-state index contributed by atoms with van der Waals surface area (Å²) < 4.78 is 18.0. The van der Waals surface area contributed by atoms with E-state index in [-0.39, 0.29) is 24.1 Å². The van der Waals surface area contributed by atoms with Gasteiger partial charge in [-0.25, -0.2) is 0 Å². The second-order valence-corrected chi connectivity index (χ2v) is 10.0. The normalized spacial score (nSPS) is 10.7. The highest BCUT2D eigenvalue weighted by Gasteiger charge is 2.18. The van der Waals surface area contributed by atoms with Crippen molar-refractivity contribution in [3.05, 3.63) is 83.2 Å². The fourth-order valence-electron chi connectivity index (χ4n) is 4.01. The summed E-state index contributed by atoms with van der Waals surface area (Å²) in [6.07, 6.45) is 0. The quantitative estimate of drug-likeness (QED) is 0.228. The second kappa shape index (κ2) is 13.7. The van der Waals surface area contributed by atoms with Crippen molar-refractivity contribution in [2.45, 2.75) is 32.5 Å². The third-order valence-corrected chi connectivity index (χ3v) is 7.06. The molecule has 4 rings (SSSR count). The van der Waals surface area contributed by atoms with E-state index in [1.807, 2.05) is 67.8 Å². The van der Waals surface area contributed by atoms with Crippen LogP contribution in [0.3, 0.4) is 0 Å². The summed E-state index contributed by atoms with van der Waals surface area (Å²) in [5, 5.41) is 15.1. The lowest BCUT2D eigenvalue weighted by Crippen LogP contribution is -2.24. The summed E-state index contributed by atoms with van der Waals surface area (Å²) in [5.41, 5.74) is 3.97. The van der Waals surface area contributed by atoms with E-state index in [1.165, 1.54) is 26.0 Å². The summed E-state index contributed by atoms with van der Waals surface area (Å²) in [7, 11) is 3.05. The SMILES string of the molecule is CCOc1ccc(-n2c(CNC(=O)c3cc(OC)cc(OC)c3)nnc2SCC(=O)Nc2cc(C)ccc2C)cc1. The number of aryl methyl sites for hydroxylation is 2. The highest BCUT2D eigenvalue weighted by atomic mass is 32.2. The zero-order valence-corrected chi connectivity index (χ0v) is 24.5. The Morgan fingerprint density at radius 1 is 0.902 bits per heavy atom. The maximum atomic E-state index is 13.0. The van der Waals surface area contributed by atoms with Crippen LogP contribution in [0.5, 0.6) is 17.2 Å². The number of nitrogens with zero attached hydrogens (tertiary/aromatic N) is 3. The van der Waals surface area contributed by atoms with Crippen LogP contribution < -0.4 is 24.8 Å². The van der Waals surface area contributed by atoms with Crippen molar-refractivity contribution in [3.63, 3.8) is 0 Å². The van der Waals surface area contributed by atoms with Crippen molar-refractivity contribution < 1.29 is 23.8 Å². The van der Waals surface area contributed by atoms with Gasteiger partial charge in [0.05, 0.1) is 33.1 Å². The molecule has 0 unspecified atom stereocenters. The fourth-order valence-corrected chi connectivity index (χ4v) is 4.78. The Hall–Kier alpha value is -4.51. The van der Waals surface area contributed by atoms with Crippen LogP contribution in [0.15, 0.2) is 65.8 Å². The minimum absolute atomic E-state index is 0.0911. The van der Waals surface area contributed by atoms with Gasteiger partial charge in [-0.05, 0) is 74.4 Å². The lowest BCUT2D eigenvalue weighted by Gasteiger charge is -2.13. The molecule has 0 saturated heterocycles. The molecule has 41 heavy (non-hydrogen) atoms. The predicted octanol–water partition coefficient (Wildman–Crippen LogP) is 4.96. The van der Waals surface area contributed by atoms with Crippen LogP contribution in [-0.4, -0.2) is 53.2 Å². The molecule has 0 aliphatic rings. The topological polar surface area (TPSA) is 117 Å². The number of hydrogen-bond acceptors (Lipinski definition) is 8. The average molecular weight is 576 g/mol. The molecule has 0 aliphatic carbocycles. The summed E-state index contributed by atoms with van der Waals surface area (Å²) in [6.45, 7) is 6.49. The van der Waals surface area contributed by atoms with Gasteiger partial charge in [0.25, 0.3) is 5.91 Å². The number of rotatable bonds is 12. The van der Waals surface area contributed by atoms with Gasteiger partial charge < -0.3 is 24.8 Å². The number of aromatic nitrogens is 3. The number of ether oxygens (including phenoxy) is 3. The van der Waals surface area contributed by atoms with E-state index in [0.717, 1.165) is 28.3 Å². The fraction of sp³-hybridized carbons (Fsp3) is 0.267. The molecule has 0 radical (unpaired) electrons. The molecule has 1 aromatic heterocycles. The Morgan fingerprint density at radius 3 is 2.27 bits per heavy atom. The summed E-state index contributed by atoms with van der Waals surface area (Å²) in [6, 6.07) is 18.3. The molecule has 0 bridgehead atoms. The molecule has 3 aromatic carbocycles. The van der Waals surface area contributed by atoms with Gasteiger partial charge >= 0.3 is 0 Å². The van der Waals surface area contributed by atoms with Crippen LogP contribution in [0, 0.1) is 13.8 Å². The van der Waals surface area contributed by atoms with Crippen LogP contribution in [0.2, 0.25) is 0 Å². The van der Waals surface area contributed by atoms with Crippen LogP contribution in [0.25, 0.3) is 5.69 Å². The van der Waals surface area contributed by atoms with Gasteiger partial charge in [-0.15, -0.1) is 10.2 Å². The molecule has 0 spiro atoms. The van der Waals surface area contributed by atoms with E-state index in [4.69, 9.17) is 14.2 Å². The second-order valence-electron chi connectivity index (χ2n) is 9.10. The first-order valence-corrected chi connectivity index (χ1v) is 14.0. The standard InChI is InChI=1S/C30H33N5O5S/c1-6-40-23-11-9-22(10-12-23)35-27(17-31-29(37)21-14-24(38-4)16-25(15-21)39-5)33-34-30(35)41-18-28(36)32-26-13-19(2)7-8-20(26)3/h7-16H,6,17-18H2,1-5H3,(H,31,37)(H,32,36). The van der Waals surface area contributed by atoms with E-state index in [1.54, 1.807) is 18.2 Å². The zero-order chi connectivity index (χ0) is 29.4. The third-order valence-electron chi connectivity index (χ3n) is 6.13. The lowest BCUT2D eigenvalue weighted by atomic mass is 10.1. The number of carbonyl (C=O) groups is 2. The van der Waals surface area contributed by atoms with Crippen molar-refractivity contribution in [1.29, 1.82) is 0 Å². The summed E-state index contributed by atoms with van der Waals surface area (Å²) >= 11 is 1.26. The van der Waals surface area contributed by atoms with Crippen molar-refractivity contribution in [3.8, 4) is 22.9 Å². The van der Waals surface area contributed by atoms with Crippen LogP contribution in [0.1, 0.15) is 34.2 Å². The van der Waals surface area contributed by atoms with Crippen molar-refractivity contribution in [1.82, 2.24) is 20.1 Å². The van der Waals surface area contributed by atoms with Crippen LogP contribution in [0.4, 0.5) is 5.69 Å². The molecule has 10 nitrogen and oxygen atoms in total. The van der Waals surface area contributed by atoms with Crippen LogP contribution in [-0.2, 0) is 11.3 Å². The summed E-state index contributed by atoms with van der Waals surface area (Å²) in [4.78, 5) is 25.8. The molecule has 2 N–H and O–H groups in total. The van der Waals surface area contributed by atoms with Crippen LogP contribution >= 0.6 is 11.8 Å². The first-order valence-electron chi connectivity index (χ1n) is 13.0. The number of hydrogen-bond donors (Lipinski definition) is 2. The Kier molecular flexibility index (Phi) is 9.86. The Bertz CT molecular complexity index is 1500. The minimum atomic E-state index is -0.328. The van der Waals surface area contributed by atoms with E-state index in [0.29, 0.717) is 34.7 Å². The Labute approximate surface area is 243 Å². The zero-order valence-electron chi connectivity index (χ0n) is 23.7. The predicted molar refractivity (Wildman–Crippen MR) is 159 cm³/mol. The molecule has 2 amide bonds. The van der Waals surface area contributed by atoms with Gasteiger partial charge in [0.2, 0.25) is 5.91 Å². The maximum absolute atomic E-state index is 13.0. The molecule has 0 atom stereocenters. The molecule has 0 aliphatic heterocycles. The molecule has 0 saturated carbocycles. The lowest BCUT2D eigenvalue weighted by molar-refractivity contribution is -0.113. The highest BCUT2D eigenvalue weighted by molar-refractivity contribution is 7.99. The maximum Gasteiger partial charge on any atom is 0.251 e. The molecule has 11 heteroatoms. The molecule has 4 aromatic rings. The van der Waals surface area contributed by atoms with E-state index < -0.39 is 0 Å². The van der Waals surface area contributed by atoms with Crippen molar-refractivity contribution in [2.75, 3.05) is 31.9 Å². The Morgan fingerprint density at radius 2 is 1.61 bits per heavy atom. The number of amides is 2. The van der Waals surface area contributed by atoms with Gasteiger partial charge in [-0.2, -0.15) is 0 Å². The van der Waals surface area contributed by atoms with Crippen molar-refractivity contribution in [2.24, 2.45) is 0 Å². The van der Waals surface area contributed by atoms with Gasteiger partial charge in [0.15, 0.2) is 11.0 Å². The first-order chi connectivity index (χ1) is 19.8. The van der Waals surface area contributed by atoms with E-state index in [2.05, 4.69) is 20.8 Å². The number of thioether (sulfide) groups is 1. The molecular formula is C30H33N5O5S. The largest absolute Gasteiger partial charge is 0.497 e. The average Bonchev–Trinajstić information content (AvgIpc) is 3.39. The van der Waals surface area contributed by atoms with Gasteiger partial charge in [0.1, 0.15) is 17.2 Å². The Balaban J connectivity index is 1.54. The first kappa shape index (κ1) is 29.5. The number of carbonyl (C=O) groups excluding carboxylic acids is 2. The number of benzene rings is 3. The minimum Gasteiger partial charge on any atom is -0.497 e. The monoisotopic (exact) mass is 575 g/mol. The molecule has 1 heterocycles. The number of anilines is 1. The van der Waals surface area contributed by atoms with E-state index >= 15 is 0 Å².